The molecule has 0 saturated carbocycles. The normalized spacial score (nSPS) is 11.2. The van der Waals surface area contributed by atoms with Crippen molar-refractivity contribution in [1.82, 2.24) is 19.7 Å². The maximum absolute atomic E-state index is 12.9. The Hall–Kier alpha value is -1.54. The van der Waals surface area contributed by atoms with E-state index >= 15 is 0 Å². The third kappa shape index (κ3) is 3.51. The lowest BCUT2D eigenvalue weighted by Crippen LogP contribution is -2.03. The van der Waals surface area contributed by atoms with Crippen LogP contribution in [0.4, 0.5) is 8.78 Å². The van der Waals surface area contributed by atoms with Crippen LogP contribution in [0, 0.1) is 0 Å². The first kappa shape index (κ1) is 14.9. The van der Waals surface area contributed by atoms with Crippen LogP contribution in [0.15, 0.2) is 23.6 Å². The Kier molecular flexibility index (Phi) is 5.02. The van der Waals surface area contributed by atoms with Crippen molar-refractivity contribution in [3.63, 3.8) is 0 Å². The Morgan fingerprint density at radius 3 is 2.80 bits per heavy atom. The maximum Gasteiger partial charge on any atom is 0.280 e. The molecule has 0 fully saturated rings. The van der Waals surface area contributed by atoms with Crippen LogP contribution in [-0.2, 0) is 6.54 Å². The second-order valence-corrected chi connectivity index (χ2v) is 5.05. The van der Waals surface area contributed by atoms with E-state index in [2.05, 4.69) is 15.1 Å². The summed E-state index contributed by atoms with van der Waals surface area (Å²) < 4.78 is 27.5. The number of thioether (sulfide) groups is 1. The van der Waals surface area contributed by atoms with E-state index in [9.17, 15) is 8.78 Å². The number of aryl methyl sites for hydroxylation is 1. The van der Waals surface area contributed by atoms with Crippen molar-refractivity contribution in [2.24, 2.45) is 5.73 Å². The number of alkyl halides is 2. The summed E-state index contributed by atoms with van der Waals surface area (Å²) in [4.78, 5) is 8.12. The summed E-state index contributed by atoms with van der Waals surface area (Å²) >= 11 is 1.27. The van der Waals surface area contributed by atoms with Crippen molar-refractivity contribution in [1.29, 1.82) is 0 Å². The SMILES string of the molecule is CCn1cc(-c2cc(C(F)F)nc(SCCN)n2)cn1. The third-order valence-electron chi connectivity index (χ3n) is 2.55. The minimum Gasteiger partial charge on any atom is -0.330 e. The van der Waals surface area contributed by atoms with Crippen LogP contribution in [0.2, 0.25) is 0 Å². The van der Waals surface area contributed by atoms with Crippen LogP contribution in [0.25, 0.3) is 11.3 Å². The average Bonchev–Trinajstić information content (AvgIpc) is 2.93. The molecule has 0 bridgehead atoms. The van der Waals surface area contributed by atoms with Gasteiger partial charge in [-0.05, 0) is 13.0 Å². The van der Waals surface area contributed by atoms with Gasteiger partial charge in [0, 0.05) is 30.6 Å². The molecule has 0 saturated heterocycles. The summed E-state index contributed by atoms with van der Waals surface area (Å²) in [7, 11) is 0. The van der Waals surface area contributed by atoms with Gasteiger partial charge >= 0.3 is 0 Å². The Balaban J connectivity index is 2.37. The summed E-state index contributed by atoms with van der Waals surface area (Å²) in [5.74, 6) is 0.584. The molecular formula is C12H15F2N5S. The minimum atomic E-state index is -2.63. The molecule has 8 heteroatoms. The number of hydrogen-bond donors (Lipinski definition) is 1. The molecule has 108 valence electrons. The van der Waals surface area contributed by atoms with E-state index in [1.54, 1.807) is 17.1 Å². The van der Waals surface area contributed by atoms with Gasteiger partial charge in [-0.25, -0.2) is 18.7 Å². The fraction of sp³-hybridized carbons (Fsp3) is 0.417. The number of halogens is 2. The van der Waals surface area contributed by atoms with Crippen molar-refractivity contribution < 1.29 is 8.78 Å². The number of nitrogens with two attached hydrogens (primary N) is 1. The molecule has 2 aromatic rings. The highest BCUT2D eigenvalue weighted by Gasteiger charge is 2.15. The molecule has 0 radical (unpaired) electrons. The first-order valence-electron chi connectivity index (χ1n) is 6.17. The highest BCUT2D eigenvalue weighted by molar-refractivity contribution is 7.99. The van der Waals surface area contributed by atoms with Crippen LogP contribution in [0.1, 0.15) is 19.0 Å². The van der Waals surface area contributed by atoms with E-state index < -0.39 is 6.43 Å². The number of aromatic nitrogens is 4. The molecule has 2 rings (SSSR count). The van der Waals surface area contributed by atoms with Crippen molar-refractivity contribution in [3.8, 4) is 11.3 Å². The zero-order valence-corrected chi connectivity index (χ0v) is 11.8. The predicted molar refractivity (Wildman–Crippen MR) is 73.7 cm³/mol. The van der Waals surface area contributed by atoms with Gasteiger partial charge in [-0.1, -0.05) is 11.8 Å². The first-order chi connectivity index (χ1) is 9.63. The number of nitrogens with zero attached hydrogens (tertiary/aromatic N) is 4. The standard InChI is InChI=1S/C12H15F2N5S/c1-2-19-7-8(6-16-19)9-5-10(11(13)14)18-12(17-9)20-4-3-15/h5-7,11H,2-4,15H2,1H3. The third-order valence-corrected chi connectivity index (χ3v) is 3.43. The van der Waals surface area contributed by atoms with Crippen LogP contribution in [0.3, 0.4) is 0 Å². The molecule has 0 unspecified atom stereocenters. The van der Waals surface area contributed by atoms with Crippen molar-refractivity contribution in [2.45, 2.75) is 25.1 Å². The Morgan fingerprint density at radius 2 is 2.20 bits per heavy atom. The topological polar surface area (TPSA) is 69.6 Å². The van der Waals surface area contributed by atoms with Gasteiger partial charge in [0.2, 0.25) is 0 Å². The lowest BCUT2D eigenvalue weighted by molar-refractivity contribution is 0.145. The monoisotopic (exact) mass is 299 g/mol. The second-order valence-electron chi connectivity index (χ2n) is 3.98. The molecule has 2 N–H and O–H groups in total. The van der Waals surface area contributed by atoms with E-state index in [1.165, 1.54) is 17.8 Å². The summed E-state index contributed by atoms with van der Waals surface area (Å²) in [5, 5.41) is 4.43. The van der Waals surface area contributed by atoms with Gasteiger partial charge in [-0.3, -0.25) is 4.68 Å². The van der Waals surface area contributed by atoms with Gasteiger partial charge in [0.05, 0.1) is 11.9 Å². The largest absolute Gasteiger partial charge is 0.330 e. The van der Waals surface area contributed by atoms with Gasteiger partial charge in [-0.15, -0.1) is 0 Å². The number of rotatable bonds is 6. The lowest BCUT2D eigenvalue weighted by Gasteiger charge is -2.06. The van der Waals surface area contributed by atoms with E-state index in [1.807, 2.05) is 6.92 Å². The predicted octanol–water partition coefficient (Wildman–Crippen LogP) is 2.35. The highest BCUT2D eigenvalue weighted by atomic mass is 32.2. The highest BCUT2D eigenvalue weighted by Crippen LogP contribution is 2.26. The molecule has 0 spiro atoms. The Morgan fingerprint density at radius 1 is 1.40 bits per heavy atom. The molecule has 2 aromatic heterocycles. The summed E-state index contributed by atoms with van der Waals surface area (Å²) in [6.45, 7) is 3.10. The maximum atomic E-state index is 12.9. The zero-order chi connectivity index (χ0) is 14.5. The van der Waals surface area contributed by atoms with Crippen molar-refractivity contribution >= 4 is 11.8 Å². The van der Waals surface area contributed by atoms with Crippen LogP contribution < -0.4 is 5.73 Å². The van der Waals surface area contributed by atoms with E-state index in [0.717, 1.165) is 0 Å². The zero-order valence-electron chi connectivity index (χ0n) is 11.0. The molecule has 0 aliphatic carbocycles. The van der Waals surface area contributed by atoms with Crippen molar-refractivity contribution in [2.75, 3.05) is 12.3 Å². The number of hydrogen-bond acceptors (Lipinski definition) is 5. The van der Waals surface area contributed by atoms with Gasteiger partial charge in [0.15, 0.2) is 5.16 Å². The lowest BCUT2D eigenvalue weighted by atomic mass is 10.2. The summed E-state index contributed by atoms with van der Waals surface area (Å²) in [6, 6.07) is 1.30. The molecule has 0 atom stereocenters. The molecule has 0 aromatic carbocycles. The van der Waals surface area contributed by atoms with Crippen LogP contribution in [0.5, 0.6) is 0 Å². The van der Waals surface area contributed by atoms with Gasteiger partial charge in [0.1, 0.15) is 5.69 Å². The molecule has 0 amide bonds. The molecular weight excluding hydrogens is 284 g/mol. The summed E-state index contributed by atoms with van der Waals surface area (Å²) in [6.07, 6.45) is 0.753. The van der Waals surface area contributed by atoms with E-state index in [-0.39, 0.29) is 5.69 Å². The second kappa shape index (κ2) is 6.76. The van der Waals surface area contributed by atoms with Crippen molar-refractivity contribution in [3.05, 3.63) is 24.2 Å². The smallest absolute Gasteiger partial charge is 0.280 e. The Bertz CT molecular complexity index is 573. The molecule has 5 nitrogen and oxygen atoms in total. The molecule has 20 heavy (non-hydrogen) atoms. The van der Waals surface area contributed by atoms with Crippen LogP contribution in [-0.4, -0.2) is 32.0 Å². The van der Waals surface area contributed by atoms with Crippen LogP contribution >= 0.6 is 11.8 Å². The van der Waals surface area contributed by atoms with E-state index in [0.29, 0.717) is 35.3 Å². The van der Waals surface area contributed by atoms with Gasteiger partial charge < -0.3 is 5.73 Å². The van der Waals surface area contributed by atoms with E-state index in [4.69, 9.17) is 5.73 Å². The fourth-order valence-corrected chi connectivity index (χ4v) is 2.22. The molecule has 2 heterocycles. The summed E-state index contributed by atoms with van der Waals surface area (Å²) in [5.41, 5.74) is 6.28. The molecule has 0 aliphatic rings. The average molecular weight is 299 g/mol. The van der Waals surface area contributed by atoms with Gasteiger partial charge in [0.25, 0.3) is 6.43 Å². The minimum absolute atomic E-state index is 0.279. The quantitative estimate of drug-likeness (QED) is 0.655. The fourth-order valence-electron chi connectivity index (χ4n) is 1.59. The molecule has 0 aliphatic heterocycles. The van der Waals surface area contributed by atoms with Gasteiger partial charge in [-0.2, -0.15) is 5.10 Å². The first-order valence-corrected chi connectivity index (χ1v) is 7.15. The Labute approximate surface area is 119 Å².